The zero-order valence-electron chi connectivity index (χ0n) is 13.4. The van der Waals surface area contributed by atoms with Gasteiger partial charge in [0.05, 0.1) is 5.56 Å². The van der Waals surface area contributed by atoms with Crippen molar-refractivity contribution in [3.8, 4) is 0 Å². The summed E-state index contributed by atoms with van der Waals surface area (Å²) < 4.78 is 0. The van der Waals surface area contributed by atoms with Gasteiger partial charge in [-0.3, -0.25) is 0 Å². The monoisotopic (exact) mass is 304 g/mol. The molecule has 0 radical (unpaired) electrons. The number of carboxylic acid groups (broad SMARTS) is 1. The van der Waals surface area contributed by atoms with Crippen LogP contribution in [-0.2, 0) is 5.41 Å². The first-order chi connectivity index (χ1) is 11.0. The number of carboxylic acids is 1. The molecule has 2 aromatic rings. The zero-order valence-corrected chi connectivity index (χ0v) is 13.4. The molecule has 0 aliphatic heterocycles. The second-order valence-electron chi connectivity index (χ2n) is 6.60. The van der Waals surface area contributed by atoms with E-state index in [0.29, 0.717) is 5.56 Å². The SMILES string of the molecule is CC1(C)CC=Cc2cc(/C=C\c3ccc(C(=O)O)cc3)ccc21. The number of carbonyl (C=O) groups is 1. The highest BCUT2D eigenvalue weighted by Crippen LogP contribution is 2.35. The minimum Gasteiger partial charge on any atom is -0.478 e. The molecular weight excluding hydrogens is 284 g/mol. The fraction of sp³-hybridized carbons (Fsp3) is 0.190. The highest BCUT2D eigenvalue weighted by Gasteiger charge is 2.24. The van der Waals surface area contributed by atoms with Crippen LogP contribution >= 0.6 is 0 Å². The molecule has 0 atom stereocenters. The summed E-state index contributed by atoms with van der Waals surface area (Å²) in [6.45, 7) is 4.55. The molecule has 116 valence electrons. The van der Waals surface area contributed by atoms with Crippen molar-refractivity contribution in [1.29, 1.82) is 0 Å². The van der Waals surface area contributed by atoms with Crippen molar-refractivity contribution in [2.45, 2.75) is 25.7 Å². The van der Waals surface area contributed by atoms with Crippen molar-refractivity contribution >= 4 is 24.2 Å². The summed E-state index contributed by atoms with van der Waals surface area (Å²) in [5, 5.41) is 8.91. The van der Waals surface area contributed by atoms with Crippen LogP contribution in [0.2, 0.25) is 0 Å². The van der Waals surface area contributed by atoms with E-state index in [0.717, 1.165) is 17.5 Å². The Kier molecular flexibility index (Phi) is 3.91. The third-order valence-electron chi connectivity index (χ3n) is 4.36. The van der Waals surface area contributed by atoms with Crippen LogP contribution in [0.3, 0.4) is 0 Å². The van der Waals surface area contributed by atoms with E-state index in [4.69, 9.17) is 5.11 Å². The summed E-state index contributed by atoms with van der Waals surface area (Å²) >= 11 is 0. The minimum absolute atomic E-state index is 0.193. The molecule has 1 N–H and O–H groups in total. The first-order valence-corrected chi connectivity index (χ1v) is 7.78. The Hall–Kier alpha value is -2.61. The first kappa shape index (κ1) is 15.3. The fourth-order valence-electron chi connectivity index (χ4n) is 2.96. The molecule has 0 saturated carbocycles. The lowest BCUT2D eigenvalue weighted by atomic mass is 9.75. The van der Waals surface area contributed by atoms with E-state index < -0.39 is 5.97 Å². The molecule has 0 amide bonds. The largest absolute Gasteiger partial charge is 0.478 e. The summed E-state index contributed by atoms with van der Waals surface area (Å²) in [6, 6.07) is 13.5. The molecule has 2 heteroatoms. The van der Waals surface area contributed by atoms with E-state index in [1.807, 2.05) is 18.2 Å². The molecule has 0 heterocycles. The van der Waals surface area contributed by atoms with Crippen molar-refractivity contribution in [1.82, 2.24) is 0 Å². The van der Waals surface area contributed by atoms with Crippen LogP contribution in [0.15, 0.2) is 48.5 Å². The molecule has 3 rings (SSSR count). The quantitative estimate of drug-likeness (QED) is 0.786. The molecule has 2 aromatic carbocycles. The summed E-state index contributed by atoms with van der Waals surface area (Å²) in [6.07, 6.45) is 9.57. The number of allylic oxidation sites excluding steroid dienone is 1. The van der Waals surface area contributed by atoms with Gasteiger partial charge in [-0.2, -0.15) is 0 Å². The van der Waals surface area contributed by atoms with Gasteiger partial charge in [0.1, 0.15) is 0 Å². The molecule has 0 saturated heterocycles. The van der Waals surface area contributed by atoms with E-state index in [-0.39, 0.29) is 5.41 Å². The van der Waals surface area contributed by atoms with E-state index in [1.165, 1.54) is 11.1 Å². The third-order valence-corrected chi connectivity index (χ3v) is 4.36. The second-order valence-corrected chi connectivity index (χ2v) is 6.60. The Labute approximate surface area is 136 Å². The van der Waals surface area contributed by atoms with Crippen LogP contribution in [0, 0.1) is 0 Å². The maximum Gasteiger partial charge on any atom is 0.335 e. The Balaban J connectivity index is 1.84. The molecule has 0 spiro atoms. The van der Waals surface area contributed by atoms with Crippen molar-refractivity contribution in [3.05, 3.63) is 76.4 Å². The van der Waals surface area contributed by atoms with Gasteiger partial charge in [0.25, 0.3) is 0 Å². The lowest BCUT2D eigenvalue weighted by molar-refractivity contribution is 0.0697. The van der Waals surface area contributed by atoms with Gasteiger partial charge in [0.15, 0.2) is 0 Å². The van der Waals surface area contributed by atoms with Crippen molar-refractivity contribution in [2.75, 3.05) is 0 Å². The molecule has 23 heavy (non-hydrogen) atoms. The number of hydrogen-bond acceptors (Lipinski definition) is 1. The number of benzene rings is 2. The summed E-state index contributed by atoms with van der Waals surface area (Å²) in [4.78, 5) is 10.9. The van der Waals surface area contributed by atoms with Gasteiger partial charge in [-0.15, -0.1) is 0 Å². The number of aromatic carboxylic acids is 1. The number of fused-ring (bicyclic) bond motifs is 1. The minimum atomic E-state index is -0.899. The Morgan fingerprint density at radius 3 is 2.39 bits per heavy atom. The van der Waals surface area contributed by atoms with Gasteiger partial charge < -0.3 is 5.11 Å². The number of hydrogen-bond donors (Lipinski definition) is 1. The van der Waals surface area contributed by atoms with Crippen LogP contribution in [-0.4, -0.2) is 11.1 Å². The molecule has 0 bridgehead atoms. The third kappa shape index (κ3) is 3.26. The maximum atomic E-state index is 10.9. The van der Waals surface area contributed by atoms with Crippen molar-refractivity contribution in [2.24, 2.45) is 0 Å². The van der Waals surface area contributed by atoms with E-state index in [9.17, 15) is 4.79 Å². The molecule has 2 nitrogen and oxygen atoms in total. The summed E-state index contributed by atoms with van der Waals surface area (Å²) in [7, 11) is 0. The van der Waals surface area contributed by atoms with Gasteiger partial charge in [0, 0.05) is 0 Å². The molecule has 1 aliphatic carbocycles. The standard InChI is InChI=1S/C21H20O2/c1-21(2)13-3-4-18-14-16(9-12-19(18)21)6-5-15-7-10-17(11-8-15)20(22)23/h3-12,14H,13H2,1-2H3,(H,22,23)/b6-5-. The lowest BCUT2D eigenvalue weighted by Crippen LogP contribution is -2.19. The van der Waals surface area contributed by atoms with Gasteiger partial charge >= 0.3 is 5.97 Å². The van der Waals surface area contributed by atoms with E-state index in [1.54, 1.807) is 12.1 Å². The summed E-state index contributed by atoms with van der Waals surface area (Å²) in [5.41, 5.74) is 5.31. The van der Waals surface area contributed by atoms with Gasteiger partial charge in [-0.1, -0.05) is 62.4 Å². The number of rotatable bonds is 3. The molecule has 0 unspecified atom stereocenters. The molecular formula is C21H20O2. The lowest BCUT2D eigenvalue weighted by Gasteiger charge is -2.29. The Bertz CT molecular complexity index is 793. The predicted molar refractivity (Wildman–Crippen MR) is 95.4 cm³/mol. The van der Waals surface area contributed by atoms with Gasteiger partial charge in [0.2, 0.25) is 0 Å². The van der Waals surface area contributed by atoms with Crippen molar-refractivity contribution in [3.63, 3.8) is 0 Å². The second kappa shape index (κ2) is 5.88. The first-order valence-electron chi connectivity index (χ1n) is 7.78. The zero-order chi connectivity index (χ0) is 16.4. The average molecular weight is 304 g/mol. The van der Waals surface area contributed by atoms with Gasteiger partial charge in [-0.25, -0.2) is 4.79 Å². The average Bonchev–Trinajstić information content (AvgIpc) is 2.53. The molecule has 0 fully saturated rings. The highest BCUT2D eigenvalue weighted by molar-refractivity contribution is 5.88. The Morgan fingerprint density at radius 2 is 1.70 bits per heavy atom. The fourth-order valence-corrected chi connectivity index (χ4v) is 2.96. The van der Waals surface area contributed by atoms with E-state index in [2.05, 4.69) is 50.3 Å². The summed E-state index contributed by atoms with van der Waals surface area (Å²) in [5.74, 6) is -0.899. The van der Waals surface area contributed by atoms with Crippen LogP contribution in [0.4, 0.5) is 0 Å². The maximum absolute atomic E-state index is 10.9. The van der Waals surface area contributed by atoms with Crippen LogP contribution < -0.4 is 0 Å². The van der Waals surface area contributed by atoms with Crippen LogP contribution in [0.25, 0.3) is 18.2 Å². The van der Waals surface area contributed by atoms with E-state index >= 15 is 0 Å². The van der Waals surface area contributed by atoms with Crippen LogP contribution in [0.1, 0.15) is 52.9 Å². The highest BCUT2D eigenvalue weighted by atomic mass is 16.4. The normalized spacial score (nSPS) is 15.6. The van der Waals surface area contributed by atoms with Gasteiger partial charge in [-0.05, 0) is 52.3 Å². The van der Waals surface area contributed by atoms with Crippen molar-refractivity contribution < 1.29 is 9.90 Å². The Morgan fingerprint density at radius 1 is 1.04 bits per heavy atom. The topological polar surface area (TPSA) is 37.3 Å². The molecule has 0 aromatic heterocycles. The van der Waals surface area contributed by atoms with Crippen LogP contribution in [0.5, 0.6) is 0 Å². The predicted octanol–water partition coefficient (Wildman–Crippen LogP) is 5.25. The molecule has 1 aliphatic rings. The smallest absolute Gasteiger partial charge is 0.335 e.